The lowest BCUT2D eigenvalue weighted by Gasteiger charge is -2.03. The van der Waals surface area contributed by atoms with Crippen molar-refractivity contribution in [1.29, 1.82) is 0 Å². The van der Waals surface area contributed by atoms with E-state index in [1.54, 1.807) is 25.3 Å². The summed E-state index contributed by atoms with van der Waals surface area (Å²) in [7, 11) is 1.55. The van der Waals surface area contributed by atoms with E-state index in [0.29, 0.717) is 29.8 Å². The van der Waals surface area contributed by atoms with Gasteiger partial charge in [-0.25, -0.2) is 0 Å². The van der Waals surface area contributed by atoms with E-state index in [4.69, 9.17) is 4.74 Å². The molecule has 0 heterocycles. The van der Waals surface area contributed by atoms with Crippen molar-refractivity contribution in [3.05, 3.63) is 29.3 Å². The van der Waals surface area contributed by atoms with Gasteiger partial charge in [-0.3, -0.25) is 9.59 Å². The smallest absolute Gasteiger partial charge is 0.216 e. The molecule has 0 aromatic heterocycles. The molecule has 0 fully saturated rings. The molecule has 0 saturated carbocycles. The normalized spacial score (nSPS) is 9.00. The first-order valence-corrected chi connectivity index (χ1v) is 5.54. The summed E-state index contributed by atoms with van der Waals surface area (Å²) in [5, 5.41) is 2.65. The number of methoxy groups -OCH3 is 1. The Labute approximate surface area is 106 Å². The molecule has 0 atom stereocenters. The summed E-state index contributed by atoms with van der Waals surface area (Å²) in [5.74, 6) is 6.41. The molecule has 1 N–H and O–H groups in total. The summed E-state index contributed by atoms with van der Waals surface area (Å²) < 4.78 is 5.15. The molecular formula is C14H15NO3. The van der Waals surface area contributed by atoms with Crippen molar-refractivity contribution in [3.63, 3.8) is 0 Å². The first-order valence-electron chi connectivity index (χ1n) is 5.54. The Morgan fingerprint density at radius 1 is 1.50 bits per heavy atom. The lowest BCUT2D eigenvalue weighted by molar-refractivity contribution is -0.118. The maximum Gasteiger partial charge on any atom is 0.216 e. The van der Waals surface area contributed by atoms with Crippen LogP contribution in [0, 0.1) is 11.8 Å². The molecule has 1 aromatic rings. The van der Waals surface area contributed by atoms with Crippen LogP contribution in [0.2, 0.25) is 0 Å². The van der Waals surface area contributed by atoms with Crippen LogP contribution in [0.25, 0.3) is 0 Å². The monoisotopic (exact) mass is 245 g/mol. The largest absolute Gasteiger partial charge is 0.495 e. The van der Waals surface area contributed by atoms with E-state index >= 15 is 0 Å². The van der Waals surface area contributed by atoms with Gasteiger partial charge in [0.25, 0.3) is 0 Å². The van der Waals surface area contributed by atoms with Crippen LogP contribution in [0.4, 0.5) is 0 Å². The summed E-state index contributed by atoms with van der Waals surface area (Å²) in [6, 6.07) is 5.06. The number of benzene rings is 1. The molecule has 0 aliphatic rings. The van der Waals surface area contributed by atoms with E-state index in [9.17, 15) is 9.59 Å². The van der Waals surface area contributed by atoms with Crippen LogP contribution in [0.3, 0.4) is 0 Å². The Balaban J connectivity index is 2.73. The number of rotatable bonds is 4. The van der Waals surface area contributed by atoms with Gasteiger partial charge in [0.1, 0.15) is 12.0 Å². The second kappa shape index (κ2) is 7.13. The fourth-order valence-electron chi connectivity index (χ4n) is 1.36. The quantitative estimate of drug-likeness (QED) is 0.495. The van der Waals surface area contributed by atoms with Crippen molar-refractivity contribution >= 4 is 12.2 Å². The average Bonchev–Trinajstić information content (AvgIpc) is 2.37. The zero-order chi connectivity index (χ0) is 13.4. The summed E-state index contributed by atoms with van der Waals surface area (Å²) in [5.41, 5.74) is 1.23. The fourth-order valence-corrected chi connectivity index (χ4v) is 1.36. The van der Waals surface area contributed by atoms with Crippen LogP contribution in [0.5, 0.6) is 5.75 Å². The van der Waals surface area contributed by atoms with Crippen molar-refractivity contribution in [1.82, 2.24) is 5.32 Å². The van der Waals surface area contributed by atoms with Gasteiger partial charge in [-0.1, -0.05) is 11.8 Å². The summed E-state index contributed by atoms with van der Waals surface area (Å²) in [6.07, 6.45) is 1.32. The van der Waals surface area contributed by atoms with Crippen molar-refractivity contribution in [2.24, 2.45) is 0 Å². The molecule has 4 heteroatoms. The summed E-state index contributed by atoms with van der Waals surface area (Å²) in [6.45, 7) is 1.97. The molecule has 0 radical (unpaired) electrons. The minimum atomic E-state index is -0.0719. The molecule has 1 amide bonds. The number of aldehydes is 1. The highest BCUT2D eigenvalue weighted by molar-refractivity contribution is 5.76. The topological polar surface area (TPSA) is 55.4 Å². The van der Waals surface area contributed by atoms with E-state index < -0.39 is 0 Å². The van der Waals surface area contributed by atoms with Crippen LogP contribution < -0.4 is 10.1 Å². The molecule has 0 saturated heterocycles. The van der Waals surface area contributed by atoms with Gasteiger partial charge >= 0.3 is 0 Å². The van der Waals surface area contributed by atoms with Crippen molar-refractivity contribution in [2.75, 3.05) is 13.7 Å². The van der Waals surface area contributed by atoms with Crippen LogP contribution >= 0.6 is 0 Å². The van der Waals surface area contributed by atoms with Gasteiger partial charge in [-0.2, -0.15) is 0 Å². The summed E-state index contributed by atoms with van der Waals surface area (Å²) in [4.78, 5) is 21.3. The predicted octanol–water partition coefficient (Wildman–Crippen LogP) is 1.39. The molecular weight excluding hydrogens is 230 g/mol. The van der Waals surface area contributed by atoms with Gasteiger partial charge < -0.3 is 10.1 Å². The standard InChI is InChI=1S/C14H15NO3/c1-11(17)15-8-4-3-5-13-9-12(10-16)6-7-14(13)18-2/h6-7,9-10H,4,8H2,1-2H3,(H,15,17). The minimum absolute atomic E-state index is 0.0719. The number of nitrogens with one attached hydrogen (secondary N) is 1. The average molecular weight is 245 g/mol. The Morgan fingerprint density at radius 3 is 2.89 bits per heavy atom. The number of amides is 1. The Bertz CT molecular complexity index is 497. The number of carbonyl (C=O) groups is 2. The van der Waals surface area contributed by atoms with Gasteiger partial charge in [0.05, 0.1) is 12.7 Å². The first-order chi connectivity index (χ1) is 8.67. The third kappa shape index (κ3) is 4.30. The molecule has 0 spiro atoms. The molecule has 0 bridgehead atoms. The predicted molar refractivity (Wildman–Crippen MR) is 68.6 cm³/mol. The molecule has 0 unspecified atom stereocenters. The third-order valence-corrected chi connectivity index (χ3v) is 2.21. The lowest BCUT2D eigenvalue weighted by Crippen LogP contribution is -2.20. The summed E-state index contributed by atoms with van der Waals surface area (Å²) >= 11 is 0. The van der Waals surface area contributed by atoms with E-state index in [2.05, 4.69) is 17.2 Å². The number of hydrogen-bond donors (Lipinski definition) is 1. The maximum atomic E-state index is 10.7. The number of hydrogen-bond acceptors (Lipinski definition) is 3. The van der Waals surface area contributed by atoms with Crippen LogP contribution in [-0.4, -0.2) is 25.8 Å². The Hall–Kier alpha value is -2.28. The Morgan fingerprint density at radius 2 is 2.28 bits per heavy atom. The van der Waals surface area contributed by atoms with Crippen LogP contribution in [-0.2, 0) is 4.79 Å². The molecule has 18 heavy (non-hydrogen) atoms. The molecule has 4 nitrogen and oxygen atoms in total. The first kappa shape index (κ1) is 13.8. The number of carbonyl (C=O) groups excluding carboxylic acids is 2. The SMILES string of the molecule is COc1ccc(C=O)cc1C#CCCNC(C)=O. The molecule has 1 aromatic carbocycles. The number of ether oxygens (including phenoxy) is 1. The van der Waals surface area contributed by atoms with E-state index in [1.165, 1.54) is 6.92 Å². The highest BCUT2D eigenvalue weighted by Gasteiger charge is 2.00. The highest BCUT2D eigenvalue weighted by Crippen LogP contribution is 2.17. The molecule has 0 aliphatic carbocycles. The van der Waals surface area contributed by atoms with Gasteiger partial charge in [0, 0.05) is 25.5 Å². The third-order valence-electron chi connectivity index (χ3n) is 2.21. The van der Waals surface area contributed by atoms with Crippen LogP contribution in [0.15, 0.2) is 18.2 Å². The zero-order valence-electron chi connectivity index (χ0n) is 10.4. The van der Waals surface area contributed by atoms with Gasteiger partial charge in [0.2, 0.25) is 5.91 Å². The van der Waals surface area contributed by atoms with E-state index in [-0.39, 0.29) is 5.91 Å². The molecule has 94 valence electrons. The second-order valence-corrected chi connectivity index (χ2v) is 3.61. The van der Waals surface area contributed by atoms with Gasteiger partial charge in [-0.05, 0) is 18.2 Å². The van der Waals surface area contributed by atoms with Gasteiger partial charge in [0.15, 0.2) is 0 Å². The molecule has 1 rings (SSSR count). The molecule has 0 aliphatic heterocycles. The Kier molecular flexibility index (Phi) is 5.46. The van der Waals surface area contributed by atoms with E-state index in [1.807, 2.05) is 0 Å². The fraction of sp³-hybridized carbons (Fsp3) is 0.286. The van der Waals surface area contributed by atoms with Gasteiger partial charge in [-0.15, -0.1) is 0 Å². The van der Waals surface area contributed by atoms with Crippen LogP contribution in [0.1, 0.15) is 29.3 Å². The maximum absolute atomic E-state index is 10.7. The van der Waals surface area contributed by atoms with Crippen molar-refractivity contribution in [2.45, 2.75) is 13.3 Å². The zero-order valence-corrected chi connectivity index (χ0v) is 10.4. The highest BCUT2D eigenvalue weighted by atomic mass is 16.5. The van der Waals surface area contributed by atoms with Crippen molar-refractivity contribution < 1.29 is 14.3 Å². The minimum Gasteiger partial charge on any atom is -0.495 e. The lowest BCUT2D eigenvalue weighted by atomic mass is 10.1. The van der Waals surface area contributed by atoms with E-state index in [0.717, 1.165) is 6.29 Å². The second-order valence-electron chi connectivity index (χ2n) is 3.61. The van der Waals surface area contributed by atoms with Crippen molar-refractivity contribution in [3.8, 4) is 17.6 Å².